The summed E-state index contributed by atoms with van der Waals surface area (Å²) in [5, 5.41) is 3.00. The number of hydrogen-bond acceptors (Lipinski definition) is 5. The Morgan fingerprint density at radius 2 is 2.10 bits per heavy atom. The van der Waals surface area contributed by atoms with E-state index in [-0.39, 0.29) is 29.0 Å². The second kappa shape index (κ2) is 5.82. The molecule has 8 heteroatoms. The van der Waals surface area contributed by atoms with Gasteiger partial charge in [0, 0.05) is 17.8 Å². The van der Waals surface area contributed by atoms with E-state index < -0.39 is 16.4 Å². The van der Waals surface area contributed by atoms with E-state index in [0.29, 0.717) is 12.1 Å². The minimum atomic E-state index is -3.00. The average molecular weight is 307 g/mol. The number of benzene rings is 1. The Bertz CT molecular complexity index is 577. The lowest BCUT2D eigenvalue weighted by Crippen LogP contribution is -2.20. The Labute approximate surface area is 115 Å². The van der Waals surface area contributed by atoms with Crippen molar-refractivity contribution >= 4 is 15.5 Å². The van der Waals surface area contributed by atoms with Crippen LogP contribution in [0.15, 0.2) is 18.2 Å². The van der Waals surface area contributed by atoms with Gasteiger partial charge in [-0.3, -0.25) is 0 Å². The van der Waals surface area contributed by atoms with Crippen molar-refractivity contribution in [2.24, 2.45) is 0 Å². The molecule has 1 unspecified atom stereocenters. The number of nitrogens with one attached hydrogen (secondary N) is 1. The summed E-state index contributed by atoms with van der Waals surface area (Å²) in [5.74, 6) is 0.286. The molecule has 2 rings (SSSR count). The number of alkyl halides is 2. The quantitative estimate of drug-likeness (QED) is 0.900. The zero-order chi connectivity index (χ0) is 14.8. The van der Waals surface area contributed by atoms with Crippen molar-refractivity contribution in [2.45, 2.75) is 19.1 Å². The molecule has 112 valence electrons. The maximum atomic E-state index is 12.3. The van der Waals surface area contributed by atoms with Crippen molar-refractivity contribution in [3.05, 3.63) is 18.2 Å². The van der Waals surface area contributed by atoms with Crippen molar-refractivity contribution in [3.8, 4) is 11.5 Å². The molecule has 1 aromatic carbocycles. The van der Waals surface area contributed by atoms with Crippen LogP contribution in [0.25, 0.3) is 0 Å². The Hall–Kier alpha value is -1.57. The monoisotopic (exact) mass is 307 g/mol. The summed E-state index contributed by atoms with van der Waals surface area (Å²) in [6.07, 6.45) is 0.499. The number of ether oxygens (including phenoxy) is 2. The van der Waals surface area contributed by atoms with Gasteiger partial charge in [-0.05, 0) is 18.6 Å². The predicted molar refractivity (Wildman–Crippen MR) is 70.3 cm³/mol. The van der Waals surface area contributed by atoms with Gasteiger partial charge in [-0.25, -0.2) is 8.42 Å². The van der Waals surface area contributed by atoms with Crippen LogP contribution < -0.4 is 14.8 Å². The van der Waals surface area contributed by atoms with Crippen LogP contribution in [0.5, 0.6) is 11.5 Å². The van der Waals surface area contributed by atoms with Gasteiger partial charge in [-0.2, -0.15) is 8.78 Å². The van der Waals surface area contributed by atoms with Gasteiger partial charge in [-0.1, -0.05) is 0 Å². The summed E-state index contributed by atoms with van der Waals surface area (Å²) < 4.78 is 56.6. The van der Waals surface area contributed by atoms with Crippen LogP contribution >= 0.6 is 0 Å². The first-order valence-electron chi connectivity index (χ1n) is 5.99. The summed E-state index contributed by atoms with van der Waals surface area (Å²) in [6, 6.07) is 4.27. The third-order valence-electron chi connectivity index (χ3n) is 2.98. The highest BCUT2D eigenvalue weighted by Gasteiger charge is 2.27. The third-order valence-corrected chi connectivity index (χ3v) is 4.75. The van der Waals surface area contributed by atoms with Gasteiger partial charge >= 0.3 is 6.61 Å². The van der Waals surface area contributed by atoms with Gasteiger partial charge < -0.3 is 14.8 Å². The fourth-order valence-corrected chi connectivity index (χ4v) is 3.77. The summed E-state index contributed by atoms with van der Waals surface area (Å²) in [7, 11) is -1.64. The van der Waals surface area contributed by atoms with Crippen molar-refractivity contribution in [1.82, 2.24) is 0 Å². The number of rotatable bonds is 5. The number of methoxy groups -OCH3 is 1. The fourth-order valence-electron chi connectivity index (χ4n) is 2.10. The molecule has 0 spiro atoms. The molecule has 1 aromatic rings. The molecule has 0 saturated carbocycles. The minimum Gasteiger partial charge on any atom is -0.493 e. The molecule has 1 aliphatic heterocycles. The molecule has 0 bridgehead atoms. The molecule has 1 fully saturated rings. The van der Waals surface area contributed by atoms with Crippen LogP contribution in [0.4, 0.5) is 14.5 Å². The first-order valence-corrected chi connectivity index (χ1v) is 7.81. The van der Waals surface area contributed by atoms with E-state index in [4.69, 9.17) is 4.74 Å². The minimum absolute atomic E-state index is 0.0457. The summed E-state index contributed by atoms with van der Waals surface area (Å²) in [4.78, 5) is 0. The van der Waals surface area contributed by atoms with Crippen molar-refractivity contribution in [2.75, 3.05) is 23.9 Å². The molecule has 1 aliphatic rings. The van der Waals surface area contributed by atoms with Crippen LogP contribution in [0, 0.1) is 0 Å². The number of sulfone groups is 1. The Kier molecular flexibility index (Phi) is 4.32. The fraction of sp³-hybridized carbons (Fsp3) is 0.500. The van der Waals surface area contributed by atoms with Crippen LogP contribution in [-0.2, 0) is 9.84 Å². The molecule has 1 atom stereocenters. The Morgan fingerprint density at radius 1 is 1.35 bits per heavy atom. The highest BCUT2D eigenvalue weighted by atomic mass is 32.2. The Balaban J connectivity index is 2.12. The number of halogens is 2. The van der Waals surface area contributed by atoms with Crippen molar-refractivity contribution in [3.63, 3.8) is 0 Å². The zero-order valence-corrected chi connectivity index (χ0v) is 11.6. The SMILES string of the molecule is COc1ccc(NC2CCS(=O)(=O)C2)cc1OC(F)F. The standard InChI is InChI=1S/C12H15F2NO4S/c1-18-10-3-2-8(6-11(10)19-12(13)14)15-9-4-5-20(16,17)7-9/h2-3,6,9,12,15H,4-5,7H2,1H3. The molecular weight excluding hydrogens is 292 g/mol. The third kappa shape index (κ3) is 3.72. The van der Waals surface area contributed by atoms with Crippen LogP contribution in [0.1, 0.15) is 6.42 Å². The zero-order valence-electron chi connectivity index (χ0n) is 10.8. The van der Waals surface area contributed by atoms with E-state index in [1.54, 1.807) is 6.07 Å². The van der Waals surface area contributed by atoms with E-state index in [9.17, 15) is 17.2 Å². The predicted octanol–water partition coefficient (Wildman–Crippen LogP) is 1.90. The normalized spacial score (nSPS) is 20.9. The molecule has 0 aromatic heterocycles. The summed E-state index contributed by atoms with van der Waals surface area (Å²) >= 11 is 0. The molecule has 0 aliphatic carbocycles. The lowest BCUT2D eigenvalue weighted by Gasteiger charge is -2.15. The van der Waals surface area contributed by atoms with E-state index in [1.165, 1.54) is 19.2 Å². The maximum Gasteiger partial charge on any atom is 0.387 e. The molecule has 1 saturated heterocycles. The van der Waals surface area contributed by atoms with E-state index >= 15 is 0 Å². The topological polar surface area (TPSA) is 64.6 Å². The Morgan fingerprint density at radius 3 is 2.65 bits per heavy atom. The molecule has 0 amide bonds. The van der Waals surface area contributed by atoms with Crippen LogP contribution in [0.3, 0.4) is 0 Å². The molecule has 5 nitrogen and oxygen atoms in total. The summed E-state index contributed by atoms with van der Waals surface area (Å²) in [5.41, 5.74) is 0.517. The average Bonchev–Trinajstić information content (AvgIpc) is 2.68. The number of anilines is 1. The second-order valence-corrected chi connectivity index (χ2v) is 6.72. The van der Waals surface area contributed by atoms with Crippen LogP contribution in [-0.4, -0.2) is 39.7 Å². The molecule has 1 heterocycles. The lowest BCUT2D eigenvalue weighted by atomic mass is 10.2. The second-order valence-electron chi connectivity index (χ2n) is 4.49. The van der Waals surface area contributed by atoms with Gasteiger partial charge in [0.1, 0.15) is 0 Å². The van der Waals surface area contributed by atoms with Gasteiger partial charge in [0.2, 0.25) is 0 Å². The van der Waals surface area contributed by atoms with Crippen molar-refractivity contribution < 1.29 is 26.7 Å². The smallest absolute Gasteiger partial charge is 0.387 e. The van der Waals surface area contributed by atoms with Gasteiger partial charge in [-0.15, -0.1) is 0 Å². The number of hydrogen-bond donors (Lipinski definition) is 1. The first kappa shape index (κ1) is 14.8. The first-order chi connectivity index (χ1) is 9.39. The maximum absolute atomic E-state index is 12.3. The highest BCUT2D eigenvalue weighted by Crippen LogP contribution is 2.32. The molecular formula is C12H15F2NO4S. The summed E-state index contributed by atoms with van der Waals surface area (Å²) in [6.45, 7) is -2.95. The lowest BCUT2D eigenvalue weighted by molar-refractivity contribution is -0.0511. The molecule has 1 N–H and O–H groups in total. The van der Waals surface area contributed by atoms with E-state index in [0.717, 1.165) is 0 Å². The highest BCUT2D eigenvalue weighted by molar-refractivity contribution is 7.91. The van der Waals surface area contributed by atoms with Gasteiger partial charge in [0.05, 0.1) is 18.6 Å². The van der Waals surface area contributed by atoms with Gasteiger partial charge in [0.15, 0.2) is 21.3 Å². The molecule has 20 heavy (non-hydrogen) atoms. The van der Waals surface area contributed by atoms with Gasteiger partial charge in [0.25, 0.3) is 0 Å². The van der Waals surface area contributed by atoms with Crippen LogP contribution in [0.2, 0.25) is 0 Å². The van der Waals surface area contributed by atoms with E-state index in [1.807, 2.05) is 0 Å². The van der Waals surface area contributed by atoms with E-state index in [2.05, 4.69) is 10.1 Å². The van der Waals surface area contributed by atoms with Crippen molar-refractivity contribution in [1.29, 1.82) is 0 Å². The largest absolute Gasteiger partial charge is 0.493 e. The molecule has 0 radical (unpaired) electrons.